The van der Waals surface area contributed by atoms with Crippen molar-refractivity contribution in [1.82, 2.24) is 15.6 Å². The maximum atomic E-state index is 12.2. The molecule has 7 heteroatoms. The molecule has 0 fully saturated rings. The zero-order valence-electron chi connectivity index (χ0n) is 14.6. The van der Waals surface area contributed by atoms with Gasteiger partial charge in [0.2, 0.25) is 0 Å². The quantitative estimate of drug-likeness (QED) is 0.381. The van der Waals surface area contributed by atoms with Crippen molar-refractivity contribution in [2.45, 2.75) is 0 Å². The molecule has 0 unspecified atom stereocenters. The maximum absolute atomic E-state index is 12.2. The van der Waals surface area contributed by atoms with Gasteiger partial charge in [-0.1, -0.05) is 54.1 Å². The van der Waals surface area contributed by atoms with E-state index in [0.29, 0.717) is 27.9 Å². The first-order valence-electron chi connectivity index (χ1n) is 8.49. The van der Waals surface area contributed by atoms with Gasteiger partial charge in [-0.3, -0.25) is 9.89 Å². The van der Waals surface area contributed by atoms with E-state index in [-0.39, 0.29) is 0 Å². The smallest absolute Gasteiger partial charge is 0.289 e. The summed E-state index contributed by atoms with van der Waals surface area (Å²) in [5.74, 6) is 0.772. The molecule has 138 valence electrons. The van der Waals surface area contributed by atoms with Gasteiger partial charge in [-0.2, -0.15) is 10.2 Å². The summed E-state index contributed by atoms with van der Waals surface area (Å²) < 4.78 is 5.69. The van der Waals surface area contributed by atoms with Crippen molar-refractivity contribution in [3.05, 3.63) is 89.3 Å². The lowest BCUT2D eigenvalue weighted by Gasteiger charge is -1.97. The van der Waals surface area contributed by atoms with Gasteiger partial charge in [-0.25, -0.2) is 5.43 Å². The van der Waals surface area contributed by atoms with E-state index in [4.69, 9.17) is 16.0 Å². The summed E-state index contributed by atoms with van der Waals surface area (Å²) in [4.78, 5) is 12.2. The molecule has 2 N–H and O–H groups in total. The molecule has 6 nitrogen and oxygen atoms in total. The Morgan fingerprint density at radius 2 is 1.86 bits per heavy atom. The number of amides is 1. The number of hydrogen-bond donors (Lipinski definition) is 2. The Hall–Kier alpha value is -3.64. The van der Waals surface area contributed by atoms with Gasteiger partial charge in [-0.15, -0.1) is 0 Å². The summed E-state index contributed by atoms with van der Waals surface area (Å²) in [6.07, 6.45) is 1.43. The Balaban J connectivity index is 1.40. The van der Waals surface area contributed by atoms with E-state index < -0.39 is 5.91 Å². The number of carbonyl (C=O) groups is 1. The van der Waals surface area contributed by atoms with Gasteiger partial charge in [-0.05, 0) is 30.3 Å². The van der Waals surface area contributed by atoms with Crippen LogP contribution in [-0.4, -0.2) is 22.3 Å². The average Bonchev–Trinajstić information content (AvgIpc) is 3.39. The van der Waals surface area contributed by atoms with Crippen molar-refractivity contribution in [3.8, 4) is 22.6 Å². The lowest BCUT2D eigenvalue weighted by atomic mass is 10.1. The highest BCUT2D eigenvalue weighted by Gasteiger charge is 2.10. The summed E-state index contributed by atoms with van der Waals surface area (Å²) in [5, 5.41) is 11.4. The number of benzene rings is 2. The van der Waals surface area contributed by atoms with Crippen LogP contribution in [0.25, 0.3) is 22.6 Å². The third kappa shape index (κ3) is 4.02. The second-order valence-corrected chi connectivity index (χ2v) is 6.38. The Morgan fingerprint density at radius 1 is 1.04 bits per heavy atom. The lowest BCUT2D eigenvalue weighted by molar-refractivity contribution is 0.0950. The molecule has 0 aliphatic rings. The molecular weight excluding hydrogens is 376 g/mol. The number of nitrogens with zero attached hydrogens (tertiary/aromatic N) is 2. The lowest BCUT2D eigenvalue weighted by Crippen LogP contribution is -2.17. The molecule has 2 aromatic heterocycles. The molecule has 0 saturated heterocycles. The fourth-order valence-electron chi connectivity index (χ4n) is 2.63. The molecule has 0 aliphatic carbocycles. The highest BCUT2D eigenvalue weighted by Crippen LogP contribution is 2.24. The molecule has 2 heterocycles. The van der Waals surface area contributed by atoms with E-state index in [1.807, 2.05) is 54.6 Å². The number of nitrogens with one attached hydrogen (secondary N) is 2. The highest BCUT2D eigenvalue weighted by molar-refractivity contribution is 6.30. The normalized spacial score (nSPS) is 11.0. The van der Waals surface area contributed by atoms with E-state index in [2.05, 4.69) is 20.7 Å². The largest absolute Gasteiger partial charge is 0.455 e. The number of carbonyl (C=O) groups excluding carboxylic acids is 1. The van der Waals surface area contributed by atoms with E-state index in [0.717, 1.165) is 11.1 Å². The number of halogens is 1. The molecule has 0 radical (unpaired) electrons. The third-order valence-corrected chi connectivity index (χ3v) is 4.22. The summed E-state index contributed by atoms with van der Waals surface area (Å²) >= 11 is 6.00. The minimum Gasteiger partial charge on any atom is -0.455 e. The van der Waals surface area contributed by atoms with E-state index in [1.165, 1.54) is 6.21 Å². The molecule has 0 spiro atoms. The van der Waals surface area contributed by atoms with Crippen LogP contribution in [0, 0.1) is 0 Å². The second-order valence-electron chi connectivity index (χ2n) is 5.94. The van der Waals surface area contributed by atoms with Crippen molar-refractivity contribution in [3.63, 3.8) is 0 Å². The minimum atomic E-state index is -0.396. The van der Waals surface area contributed by atoms with Crippen molar-refractivity contribution in [2.24, 2.45) is 5.10 Å². The van der Waals surface area contributed by atoms with Gasteiger partial charge in [0, 0.05) is 16.1 Å². The van der Waals surface area contributed by atoms with E-state index >= 15 is 0 Å². The van der Waals surface area contributed by atoms with E-state index in [9.17, 15) is 4.79 Å². The Labute approximate surface area is 165 Å². The molecule has 28 heavy (non-hydrogen) atoms. The molecule has 1 amide bonds. The molecule has 0 atom stereocenters. The Kier molecular flexibility index (Phi) is 5.03. The number of hydrogen-bond acceptors (Lipinski definition) is 4. The number of aromatic amines is 1. The van der Waals surface area contributed by atoms with E-state index in [1.54, 1.807) is 18.2 Å². The number of aromatic nitrogens is 2. The van der Waals surface area contributed by atoms with Gasteiger partial charge >= 0.3 is 0 Å². The number of H-pyrrole nitrogens is 1. The second kappa shape index (κ2) is 7.94. The first-order chi connectivity index (χ1) is 13.7. The number of rotatable bonds is 5. The van der Waals surface area contributed by atoms with Crippen molar-refractivity contribution < 1.29 is 9.21 Å². The number of hydrazone groups is 1. The van der Waals surface area contributed by atoms with Crippen LogP contribution in [0.1, 0.15) is 16.2 Å². The van der Waals surface area contributed by atoms with Gasteiger partial charge in [0.05, 0.1) is 11.9 Å². The molecule has 0 saturated carbocycles. The van der Waals surface area contributed by atoms with Crippen LogP contribution in [0.2, 0.25) is 5.02 Å². The van der Waals surface area contributed by atoms with Gasteiger partial charge in [0.15, 0.2) is 0 Å². The fraction of sp³-hybridized carbons (Fsp3) is 0. The number of furan rings is 1. The van der Waals surface area contributed by atoms with Crippen molar-refractivity contribution in [2.75, 3.05) is 0 Å². The Bertz CT molecular complexity index is 1130. The molecule has 4 rings (SSSR count). The molecule has 0 aliphatic heterocycles. The monoisotopic (exact) mass is 390 g/mol. The average molecular weight is 391 g/mol. The fourth-order valence-corrected chi connectivity index (χ4v) is 2.82. The van der Waals surface area contributed by atoms with Crippen LogP contribution in [0.4, 0.5) is 0 Å². The summed E-state index contributed by atoms with van der Waals surface area (Å²) in [6.45, 7) is 0. The zero-order valence-corrected chi connectivity index (χ0v) is 15.4. The molecule has 2 aromatic carbocycles. The van der Waals surface area contributed by atoms with Crippen molar-refractivity contribution in [1.29, 1.82) is 0 Å². The summed E-state index contributed by atoms with van der Waals surface area (Å²) in [5.41, 5.74) is 5.24. The molecule has 4 aromatic rings. The minimum absolute atomic E-state index is 0.315. The first kappa shape index (κ1) is 17.8. The molecular formula is C21H15ClN4O2. The third-order valence-electron chi connectivity index (χ3n) is 3.99. The standard InChI is InChI=1S/C21H15ClN4O2/c22-16-8-4-7-15(11-16)20-10-9-17(28-20)13-23-26-21(27)19-12-18(24-25-19)14-5-2-1-3-6-14/h1-13H,(H,24,25)(H,26,27). The predicted molar refractivity (Wildman–Crippen MR) is 108 cm³/mol. The van der Waals surface area contributed by atoms with Crippen LogP contribution in [0.15, 0.2) is 82.3 Å². The first-order valence-corrected chi connectivity index (χ1v) is 8.87. The van der Waals surface area contributed by atoms with Gasteiger partial charge < -0.3 is 4.42 Å². The van der Waals surface area contributed by atoms with Crippen LogP contribution in [0.5, 0.6) is 0 Å². The maximum Gasteiger partial charge on any atom is 0.289 e. The predicted octanol–water partition coefficient (Wildman–Crippen LogP) is 4.75. The summed E-state index contributed by atoms with van der Waals surface area (Å²) in [7, 11) is 0. The molecule has 0 bridgehead atoms. The Morgan fingerprint density at radius 3 is 2.68 bits per heavy atom. The van der Waals surface area contributed by atoms with Crippen LogP contribution in [-0.2, 0) is 0 Å². The zero-order chi connectivity index (χ0) is 19.3. The van der Waals surface area contributed by atoms with Crippen molar-refractivity contribution >= 4 is 23.7 Å². The van der Waals surface area contributed by atoms with Crippen LogP contribution in [0.3, 0.4) is 0 Å². The van der Waals surface area contributed by atoms with Crippen LogP contribution >= 0.6 is 11.6 Å². The topological polar surface area (TPSA) is 83.3 Å². The van der Waals surface area contributed by atoms with Crippen LogP contribution < -0.4 is 5.43 Å². The van der Waals surface area contributed by atoms with Gasteiger partial charge in [0.25, 0.3) is 5.91 Å². The summed E-state index contributed by atoms with van der Waals surface area (Å²) in [6, 6.07) is 22.2. The SMILES string of the molecule is O=C(NN=Cc1ccc(-c2cccc(Cl)c2)o1)c1cc(-c2ccccc2)n[nH]1. The highest BCUT2D eigenvalue weighted by atomic mass is 35.5. The van der Waals surface area contributed by atoms with Gasteiger partial charge in [0.1, 0.15) is 17.2 Å².